The molecule has 1 rings (SSSR count). The predicted molar refractivity (Wildman–Crippen MR) is 91.4 cm³/mol. The maximum Gasteiger partial charge on any atom is 0.328 e. The first kappa shape index (κ1) is 21.4. The van der Waals surface area contributed by atoms with Gasteiger partial charge in [0.2, 0.25) is 0 Å². The van der Waals surface area contributed by atoms with Crippen LogP contribution >= 0.6 is 11.6 Å². The Bertz CT molecular complexity index is 675. The fourth-order valence-electron chi connectivity index (χ4n) is 2.37. The topological polar surface area (TPSA) is 108 Å². The highest BCUT2D eigenvalue weighted by molar-refractivity contribution is 6.33. The molecular weight excluding hydrogens is 366 g/mol. The molecule has 0 spiro atoms. The number of nitrogens with one attached hydrogen (secondary N) is 1. The predicted octanol–water partition coefficient (Wildman–Crippen LogP) is 1.21. The van der Waals surface area contributed by atoms with Crippen LogP contribution in [0.15, 0.2) is 24.3 Å². The zero-order valence-corrected chi connectivity index (χ0v) is 15.5. The molecule has 0 aromatic heterocycles. The van der Waals surface area contributed by atoms with Gasteiger partial charge in [-0.3, -0.25) is 14.4 Å². The van der Waals surface area contributed by atoms with Crippen molar-refractivity contribution in [3.8, 4) is 0 Å². The molecule has 0 aliphatic carbocycles. The van der Waals surface area contributed by atoms with Crippen molar-refractivity contribution in [2.24, 2.45) is 11.8 Å². The Morgan fingerprint density at radius 2 is 1.42 bits per heavy atom. The van der Waals surface area contributed by atoms with E-state index in [4.69, 9.17) is 11.6 Å². The van der Waals surface area contributed by atoms with Gasteiger partial charge in [0.15, 0.2) is 5.92 Å². The number of halogens is 1. The van der Waals surface area contributed by atoms with Crippen molar-refractivity contribution in [2.45, 2.75) is 13.0 Å². The van der Waals surface area contributed by atoms with Crippen molar-refractivity contribution in [1.82, 2.24) is 5.32 Å². The van der Waals surface area contributed by atoms with Crippen LogP contribution in [0.4, 0.5) is 0 Å². The number of ether oxygens (including phenoxy) is 3. The minimum Gasteiger partial charge on any atom is -0.468 e. The van der Waals surface area contributed by atoms with E-state index in [0.717, 1.165) is 21.3 Å². The van der Waals surface area contributed by atoms with Crippen molar-refractivity contribution in [1.29, 1.82) is 0 Å². The van der Waals surface area contributed by atoms with Crippen molar-refractivity contribution in [2.75, 3.05) is 21.3 Å². The Morgan fingerprint density at radius 1 is 0.923 bits per heavy atom. The number of methoxy groups -OCH3 is 3. The number of hydrogen-bond donors (Lipinski definition) is 1. The molecule has 0 saturated heterocycles. The molecular formula is C17H20ClNO7. The average Bonchev–Trinajstić information content (AvgIpc) is 2.65. The zero-order valence-electron chi connectivity index (χ0n) is 14.8. The fourth-order valence-corrected chi connectivity index (χ4v) is 2.59. The molecule has 1 amide bonds. The van der Waals surface area contributed by atoms with Gasteiger partial charge in [0.25, 0.3) is 5.91 Å². The first-order valence-corrected chi connectivity index (χ1v) is 7.95. The van der Waals surface area contributed by atoms with Crippen LogP contribution in [-0.4, -0.2) is 51.2 Å². The van der Waals surface area contributed by atoms with E-state index in [0.29, 0.717) is 0 Å². The highest BCUT2D eigenvalue weighted by Gasteiger charge is 2.42. The second-order valence-electron chi connectivity index (χ2n) is 5.34. The highest BCUT2D eigenvalue weighted by Crippen LogP contribution is 2.22. The van der Waals surface area contributed by atoms with Gasteiger partial charge in [0, 0.05) is 5.92 Å². The molecule has 0 aliphatic rings. The summed E-state index contributed by atoms with van der Waals surface area (Å²) in [6.07, 6.45) is 0. The van der Waals surface area contributed by atoms with Gasteiger partial charge >= 0.3 is 17.9 Å². The van der Waals surface area contributed by atoms with E-state index >= 15 is 0 Å². The van der Waals surface area contributed by atoms with Gasteiger partial charge in [-0.25, -0.2) is 4.79 Å². The van der Waals surface area contributed by atoms with E-state index < -0.39 is 41.7 Å². The summed E-state index contributed by atoms with van der Waals surface area (Å²) in [5.41, 5.74) is 0.128. The van der Waals surface area contributed by atoms with Crippen molar-refractivity contribution in [3.63, 3.8) is 0 Å². The van der Waals surface area contributed by atoms with Gasteiger partial charge in [-0.15, -0.1) is 0 Å². The minimum atomic E-state index is -1.43. The van der Waals surface area contributed by atoms with Crippen LogP contribution in [0.1, 0.15) is 17.3 Å². The monoisotopic (exact) mass is 385 g/mol. The van der Waals surface area contributed by atoms with Gasteiger partial charge in [-0.2, -0.15) is 0 Å². The fraction of sp³-hybridized carbons (Fsp3) is 0.412. The van der Waals surface area contributed by atoms with E-state index in [9.17, 15) is 19.2 Å². The lowest BCUT2D eigenvalue weighted by atomic mass is 9.87. The van der Waals surface area contributed by atoms with Crippen molar-refractivity contribution >= 4 is 35.4 Å². The molecule has 0 aliphatic heterocycles. The molecule has 0 bridgehead atoms. The molecule has 0 radical (unpaired) electrons. The number of rotatable bonds is 7. The third-order valence-electron chi connectivity index (χ3n) is 3.82. The van der Waals surface area contributed by atoms with E-state index in [1.807, 2.05) is 0 Å². The molecule has 26 heavy (non-hydrogen) atoms. The van der Waals surface area contributed by atoms with Gasteiger partial charge in [0.1, 0.15) is 6.04 Å². The van der Waals surface area contributed by atoms with E-state index in [2.05, 4.69) is 19.5 Å². The number of carbonyl (C=O) groups excluding carboxylic acids is 4. The smallest absolute Gasteiger partial charge is 0.328 e. The molecule has 0 unspecified atom stereocenters. The molecule has 142 valence electrons. The summed E-state index contributed by atoms with van der Waals surface area (Å²) in [7, 11) is 3.32. The largest absolute Gasteiger partial charge is 0.468 e. The number of amides is 1. The first-order chi connectivity index (χ1) is 12.3. The van der Waals surface area contributed by atoms with Crippen LogP contribution in [0.25, 0.3) is 0 Å². The quantitative estimate of drug-likeness (QED) is 0.427. The van der Waals surface area contributed by atoms with Gasteiger partial charge in [-0.1, -0.05) is 30.7 Å². The second kappa shape index (κ2) is 9.76. The van der Waals surface area contributed by atoms with Crippen LogP contribution in [0, 0.1) is 11.8 Å². The summed E-state index contributed by atoms with van der Waals surface area (Å²) >= 11 is 5.98. The normalized spacial score (nSPS) is 12.7. The lowest BCUT2D eigenvalue weighted by Crippen LogP contribution is -2.51. The standard InChI is InChI=1S/C17H20ClNO7/c1-9(12(15(21)24-2)16(22)25-3)13(17(23)26-4)19-14(20)10-7-5-6-8-11(10)18/h5-9,12-13H,1-4H3,(H,19,20)/t9-,13-/m1/s1. The number of benzene rings is 1. The number of carbonyl (C=O) groups is 4. The molecule has 1 aromatic carbocycles. The Kier molecular flexibility index (Phi) is 8.05. The van der Waals surface area contributed by atoms with E-state index in [-0.39, 0.29) is 10.6 Å². The van der Waals surface area contributed by atoms with Gasteiger partial charge in [0.05, 0.1) is 31.9 Å². The minimum absolute atomic E-state index is 0.128. The second-order valence-corrected chi connectivity index (χ2v) is 5.74. The SMILES string of the molecule is COC(=O)C(C(=O)OC)[C@@H](C)[C@@H](NC(=O)c1ccccc1Cl)C(=O)OC. The maximum absolute atomic E-state index is 12.5. The summed E-state index contributed by atoms with van der Waals surface area (Å²) < 4.78 is 13.9. The molecule has 0 saturated carbocycles. The molecule has 0 fully saturated rings. The molecule has 1 N–H and O–H groups in total. The Labute approximate surface area is 155 Å². The van der Waals surface area contributed by atoms with Crippen LogP contribution in [0.5, 0.6) is 0 Å². The highest BCUT2D eigenvalue weighted by atomic mass is 35.5. The zero-order chi connectivity index (χ0) is 19.9. The van der Waals surface area contributed by atoms with Crippen LogP contribution in [0.3, 0.4) is 0 Å². The third-order valence-corrected chi connectivity index (χ3v) is 4.15. The summed E-state index contributed by atoms with van der Waals surface area (Å²) in [6.45, 7) is 1.42. The third kappa shape index (κ3) is 4.95. The van der Waals surface area contributed by atoms with Crippen LogP contribution < -0.4 is 5.32 Å². The summed E-state index contributed by atoms with van der Waals surface area (Å²) in [5.74, 6) is -5.73. The number of esters is 3. The Morgan fingerprint density at radius 3 is 1.88 bits per heavy atom. The van der Waals surface area contributed by atoms with E-state index in [1.165, 1.54) is 19.1 Å². The molecule has 0 heterocycles. The lowest BCUT2D eigenvalue weighted by molar-refractivity contribution is -0.162. The van der Waals surface area contributed by atoms with Gasteiger partial charge < -0.3 is 19.5 Å². The van der Waals surface area contributed by atoms with Gasteiger partial charge in [-0.05, 0) is 12.1 Å². The Balaban J connectivity index is 3.17. The summed E-state index contributed by atoms with van der Waals surface area (Å²) in [6, 6.07) is 4.91. The lowest BCUT2D eigenvalue weighted by Gasteiger charge is -2.27. The molecule has 2 atom stereocenters. The average molecular weight is 386 g/mol. The number of hydrogen-bond acceptors (Lipinski definition) is 7. The molecule has 9 heteroatoms. The van der Waals surface area contributed by atoms with Crippen LogP contribution in [0.2, 0.25) is 5.02 Å². The van der Waals surface area contributed by atoms with E-state index in [1.54, 1.807) is 12.1 Å². The first-order valence-electron chi connectivity index (χ1n) is 7.57. The maximum atomic E-state index is 12.5. The van der Waals surface area contributed by atoms with Crippen molar-refractivity contribution < 1.29 is 33.4 Å². The Hall–Kier alpha value is -2.61. The molecule has 1 aromatic rings. The summed E-state index contributed by atoms with van der Waals surface area (Å²) in [4.78, 5) is 48.6. The van der Waals surface area contributed by atoms with Crippen LogP contribution in [-0.2, 0) is 28.6 Å². The summed E-state index contributed by atoms with van der Waals surface area (Å²) in [5, 5.41) is 2.63. The van der Waals surface area contributed by atoms with Crippen molar-refractivity contribution in [3.05, 3.63) is 34.9 Å². The molecule has 8 nitrogen and oxygen atoms in total.